The number of carbonyl (C=O) groups is 1. The first-order valence-corrected chi connectivity index (χ1v) is 6.01. The number of hydrogen-bond donors (Lipinski definition) is 1. The van der Waals surface area contributed by atoms with Crippen molar-refractivity contribution in [2.24, 2.45) is 0 Å². The van der Waals surface area contributed by atoms with E-state index < -0.39 is 16.6 Å². The average molecular weight is 288 g/mol. The van der Waals surface area contributed by atoms with Gasteiger partial charge in [0.25, 0.3) is 0 Å². The molecule has 1 heterocycles. The Morgan fingerprint density at radius 2 is 2.14 bits per heavy atom. The molecule has 1 N–H and O–H groups in total. The molecule has 108 valence electrons. The molecule has 0 aliphatic carbocycles. The third-order valence-corrected chi connectivity index (χ3v) is 3.04. The lowest BCUT2D eigenvalue weighted by Crippen LogP contribution is -2.08. The van der Waals surface area contributed by atoms with Crippen molar-refractivity contribution in [1.29, 1.82) is 0 Å². The zero-order valence-corrected chi connectivity index (χ0v) is 11.4. The Hall–Kier alpha value is -2.96. The van der Waals surface area contributed by atoms with Gasteiger partial charge in [0, 0.05) is 6.20 Å². The molecule has 7 nitrogen and oxygen atoms in total. The maximum absolute atomic E-state index is 11.3. The highest BCUT2D eigenvalue weighted by Gasteiger charge is 2.29. The Labute approximate surface area is 120 Å². The Kier molecular flexibility index (Phi) is 3.84. The molecule has 2 rings (SSSR count). The van der Waals surface area contributed by atoms with Gasteiger partial charge in [-0.1, -0.05) is 0 Å². The Balaban J connectivity index is 2.65. The summed E-state index contributed by atoms with van der Waals surface area (Å²) in [6, 6.07) is 4.64. The molecule has 0 bridgehead atoms. The quantitative estimate of drug-likeness (QED) is 0.685. The molecule has 0 aliphatic rings. The summed E-state index contributed by atoms with van der Waals surface area (Å²) >= 11 is 0. The lowest BCUT2D eigenvalue weighted by Gasteiger charge is -2.11. The molecule has 0 amide bonds. The number of aromatic carboxylic acids is 1. The van der Waals surface area contributed by atoms with Crippen LogP contribution < -0.4 is 4.74 Å². The molecule has 0 unspecified atom stereocenters. The molecule has 2 aromatic rings. The summed E-state index contributed by atoms with van der Waals surface area (Å²) in [5, 5.41) is 20.5. The summed E-state index contributed by atoms with van der Waals surface area (Å²) in [5.74, 6) is -1.19. The van der Waals surface area contributed by atoms with E-state index in [1.54, 1.807) is 19.1 Å². The van der Waals surface area contributed by atoms with Gasteiger partial charge in [-0.25, -0.2) is 4.79 Å². The van der Waals surface area contributed by atoms with E-state index in [2.05, 4.69) is 4.98 Å². The van der Waals surface area contributed by atoms with Gasteiger partial charge in [-0.05, 0) is 43.2 Å². The van der Waals surface area contributed by atoms with Gasteiger partial charge < -0.3 is 9.84 Å². The summed E-state index contributed by atoms with van der Waals surface area (Å²) in [6.07, 6.45) is 2.92. The Bertz CT molecular complexity index is 713. The van der Waals surface area contributed by atoms with E-state index >= 15 is 0 Å². The average Bonchev–Trinajstić information content (AvgIpc) is 2.42. The summed E-state index contributed by atoms with van der Waals surface area (Å²) < 4.78 is 5.43. The number of nitro benzene ring substituents is 1. The maximum atomic E-state index is 11.3. The fraction of sp³-hybridized carbons (Fsp3) is 0.143. The molecule has 0 fully saturated rings. The van der Waals surface area contributed by atoms with Crippen molar-refractivity contribution in [1.82, 2.24) is 4.98 Å². The van der Waals surface area contributed by atoms with E-state index in [4.69, 9.17) is 4.74 Å². The monoisotopic (exact) mass is 288 g/mol. The number of carboxylic acids is 1. The van der Waals surface area contributed by atoms with Crippen LogP contribution in [-0.4, -0.2) is 21.0 Å². The molecule has 21 heavy (non-hydrogen) atoms. The highest BCUT2D eigenvalue weighted by Crippen LogP contribution is 2.37. The molecule has 1 aromatic heterocycles. The molecule has 0 aliphatic heterocycles. The first kappa shape index (κ1) is 14.4. The van der Waals surface area contributed by atoms with Gasteiger partial charge in [0.1, 0.15) is 11.3 Å². The van der Waals surface area contributed by atoms with Gasteiger partial charge in [0.2, 0.25) is 5.75 Å². The van der Waals surface area contributed by atoms with Crippen LogP contribution in [0, 0.1) is 24.0 Å². The van der Waals surface area contributed by atoms with Gasteiger partial charge in [0.05, 0.1) is 11.1 Å². The molecule has 0 saturated carbocycles. The molecule has 0 saturated heterocycles. The topological polar surface area (TPSA) is 103 Å². The summed E-state index contributed by atoms with van der Waals surface area (Å²) in [6.45, 7) is 3.20. The first-order valence-electron chi connectivity index (χ1n) is 6.01. The van der Waals surface area contributed by atoms with Crippen LogP contribution in [0.4, 0.5) is 5.69 Å². The highest BCUT2D eigenvalue weighted by molar-refractivity contribution is 5.96. The molecule has 7 heteroatoms. The molecule has 0 spiro atoms. The summed E-state index contributed by atoms with van der Waals surface area (Å²) in [5.41, 5.74) is 0.0120. The molecular formula is C14H12N2O5. The highest BCUT2D eigenvalue weighted by atomic mass is 16.6. The van der Waals surface area contributed by atoms with Crippen molar-refractivity contribution in [3.05, 3.63) is 57.4 Å². The van der Waals surface area contributed by atoms with Crippen LogP contribution >= 0.6 is 0 Å². The standard InChI is InChI=1S/C14H12N2O5/c1-8-6-11(21-10-4-3-5-15-7-10)13(16(19)20)12(9(8)2)14(17)18/h3-7H,1-2H3,(H,17,18). The zero-order chi connectivity index (χ0) is 15.6. The number of nitro groups is 1. The molecule has 0 radical (unpaired) electrons. The van der Waals surface area contributed by atoms with E-state index in [1.807, 2.05) is 0 Å². The number of hydrogen-bond acceptors (Lipinski definition) is 5. The van der Waals surface area contributed by atoms with Crippen LogP contribution in [0.15, 0.2) is 30.6 Å². The largest absolute Gasteiger partial charge is 0.477 e. The third-order valence-electron chi connectivity index (χ3n) is 3.04. The van der Waals surface area contributed by atoms with Crippen molar-refractivity contribution in [2.45, 2.75) is 13.8 Å². The zero-order valence-electron chi connectivity index (χ0n) is 11.4. The van der Waals surface area contributed by atoms with Crippen LogP contribution in [0.5, 0.6) is 11.5 Å². The first-order chi connectivity index (χ1) is 9.91. The number of nitrogens with zero attached hydrogens (tertiary/aromatic N) is 2. The van der Waals surface area contributed by atoms with E-state index in [0.29, 0.717) is 16.9 Å². The van der Waals surface area contributed by atoms with Crippen LogP contribution in [0.25, 0.3) is 0 Å². The predicted molar refractivity (Wildman–Crippen MR) is 73.8 cm³/mol. The smallest absolute Gasteiger partial charge is 0.343 e. The van der Waals surface area contributed by atoms with Crippen molar-refractivity contribution < 1.29 is 19.6 Å². The molecular weight excluding hydrogens is 276 g/mol. The predicted octanol–water partition coefficient (Wildman–Crippen LogP) is 3.10. The maximum Gasteiger partial charge on any atom is 0.343 e. The van der Waals surface area contributed by atoms with Crippen LogP contribution in [-0.2, 0) is 0 Å². The van der Waals surface area contributed by atoms with Crippen molar-refractivity contribution in [2.75, 3.05) is 0 Å². The van der Waals surface area contributed by atoms with Crippen molar-refractivity contribution in [3.63, 3.8) is 0 Å². The minimum absolute atomic E-state index is 0.117. The second-order valence-electron chi connectivity index (χ2n) is 4.39. The van der Waals surface area contributed by atoms with Crippen LogP contribution in [0.2, 0.25) is 0 Å². The summed E-state index contributed by atoms with van der Waals surface area (Å²) in [7, 11) is 0. The number of aromatic nitrogens is 1. The number of aryl methyl sites for hydroxylation is 1. The number of carboxylic acid groups (broad SMARTS) is 1. The Morgan fingerprint density at radius 3 is 2.67 bits per heavy atom. The van der Waals surface area contributed by atoms with Gasteiger partial charge in [-0.2, -0.15) is 0 Å². The normalized spacial score (nSPS) is 10.2. The van der Waals surface area contributed by atoms with Crippen LogP contribution in [0.3, 0.4) is 0 Å². The van der Waals surface area contributed by atoms with Gasteiger partial charge in [-0.3, -0.25) is 15.1 Å². The van der Waals surface area contributed by atoms with E-state index in [9.17, 15) is 20.0 Å². The number of pyridine rings is 1. The molecule has 0 atom stereocenters. The number of benzene rings is 1. The molecule has 1 aromatic carbocycles. The van der Waals surface area contributed by atoms with Crippen molar-refractivity contribution >= 4 is 11.7 Å². The minimum atomic E-state index is -1.36. The van der Waals surface area contributed by atoms with E-state index in [1.165, 1.54) is 25.4 Å². The number of ether oxygens (including phenoxy) is 1. The van der Waals surface area contributed by atoms with E-state index in [0.717, 1.165) is 0 Å². The van der Waals surface area contributed by atoms with E-state index in [-0.39, 0.29) is 11.3 Å². The SMILES string of the molecule is Cc1cc(Oc2cccnc2)c([N+](=O)[O-])c(C(=O)O)c1C. The number of rotatable bonds is 4. The van der Waals surface area contributed by atoms with Gasteiger partial charge in [-0.15, -0.1) is 0 Å². The fourth-order valence-electron chi connectivity index (χ4n) is 1.93. The fourth-order valence-corrected chi connectivity index (χ4v) is 1.93. The van der Waals surface area contributed by atoms with Gasteiger partial charge >= 0.3 is 11.7 Å². The Morgan fingerprint density at radius 1 is 1.43 bits per heavy atom. The van der Waals surface area contributed by atoms with Crippen LogP contribution in [0.1, 0.15) is 21.5 Å². The summed E-state index contributed by atoms with van der Waals surface area (Å²) in [4.78, 5) is 25.7. The van der Waals surface area contributed by atoms with Gasteiger partial charge in [0.15, 0.2) is 0 Å². The van der Waals surface area contributed by atoms with Crippen molar-refractivity contribution in [3.8, 4) is 11.5 Å². The third kappa shape index (κ3) is 2.81. The lowest BCUT2D eigenvalue weighted by molar-refractivity contribution is -0.386. The minimum Gasteiger partial charge on any atom is -0.477 e. The second kappa shape index (κ2) is 5.58. The lowest BCUT2D eigenvalue weighted by atomic mass is 10.0. The second-order valence-corrected chi connectivity index (χ2v) is 4.39.